The number of nitrogens with zero attached hydrogens (tertiary/aromatic N) is 4. The van der Waals surface area contributed by atoms with Crippen molar-refractivity contribution in [2.75, 3.05) is 5.32 Å². The molecule has 3 heterocycles. The minimum Gasteiger partial charge on any atom is -0.290 e. The molecule has 6 heteroatoms. The molecule has 0 bridgehead atoms. The van der Waals surface area contributed by atoms with Gasteiger partial charge in [-0.15, -0.1) is 0 Å². The molecule has 3 rings (SSSR count). The molecular formula is C15H15N5O. The molecule has 0 aliphatic heterocycles. The smallest absolute Gasteiger partial charge is 0.258 e. The SMILES string of the molecule is Cc1nc(NC(=O)c2ccn3nccc3c2)nc(C)c1C. The van der Waals surface area contributed by atoms with E-state index in [0.29, 0.717) is 11.5 Å². The highest BCUT2D eigenvalue weighted by Gasteiger charge is 2.11. The molecule has 0 fully saturated rings. The maximum atomic E-state index is 12.3. The lowest BCUT2D eigenvalue weighted by Gasteiger charge is -2.08. The highest BCUT2D eigenvalue weighted by Crippen LogP contribution is 2.13. The Morgan fingerprint density at radius 1 is 1.14 bits per heavy atom. The van der Waals surface area contributed by atoms with E-state index < -0.39 is 0 Å². The van der Waals surface area contributed by atoms with Crippen LogP contribution in [0.3, 0.4) is 0 Å². The molecular weight excluding hydrogens is 266 g/mol. The molecule has 1 N–H and O–H groups in total. The number of pyridine rings is 1. The lowest BCUT2D eigenvalue weighted by Crippen LogP contribution is -2.15. The van der Waals surface area contributed by atoms with Gasteiger partial charge < -0.3 is 0 Å². The number of amides is 1. The first-order valence-corrected chi connectivity index (χ1v) is 6.61. The van der Waals surface area contributed by atoms with E-state index in [-0.39, 0.29) is 5.91 Å². The predicted octanol–water partition coefficient (Wildman–Crippen LogP) is 2.30. The molecule has 0 aromatic carbocycles. The Morgan fingerprint density at radius 2 is 1.86 bits per heavy atom. The van der Waals surface area contributed by atoms with Crippen molar-refractivity contribution in [2.24, 2.45) is 0 Å². The van der Waals surface area contributed by atoms with Crippen molar-refractivity contribution in [2.45, 2.75) is 20.8 Å². The Labute approximate surface area is 121 Å². The quantitative estimate of drug-likeness (QED) is 0.782. The van der Waals surface area contributed by atoms with Gasteiger partial charge in [-0.2, -0.15) is 5.10 Å². The lowest BCUT2D eigenvalue weighted by molar-refractivity contribution is 0.102. The van der Waals surface area contributed by atoms with E-state index in [1.165, 1.54) is 0 Å². The number of carbonyl (C=O) groups excluding carboxylic acids is 1. The minimum atomic E-state index is -0.235. The van der Waals surface area contributed by atoms with Crippen LogP contribution in [0.2, 0.25) is 0 Å². The third kappa shape index (κ3) is 2.47. The number of carbonyl (C=O) groups is 1. The normalized spacial score (nSPS) is 10.8. The van der Waals surface area contributed by atoms with Crippen LogP contribution in [-0.2, 0) is 0 Å². The van der Waals surface area contributed by atoms with Gasteiger partial charge in [-0.1, -0.05) is 0 Å². The number of anilines is 1. The van der Waals surface area contributed by atoms with Gasteiger partial charge >= 0.3 is 0 Å². The molecule has 106 valence electrons. The number of aromatic nitrogens is 4. The number of nitrogens with one attached hydrogen (secondary N) is 1. The summed E-state index contributed by atoms with van der Waals surface area (Å²) >= 11 is 0. The molecule has 0 aliphatic carbocycles. The number of hydrogen-bond donors (Lipinski definition) is 1. The van der Waals surface area contributed by atoms with Crippen molar-refractivity contribution < 1.29 is 4.79 Å². The van der Waals surface area contributed by atoms with Crippen LogP contribution in [-0.4, -0.2) is 25.5 Å². The molecule has 0 saturated heterocycles. The van der Waals surface area contributed by atoms with E-state index in [2.05, 4.69) is 20.4 Å². The second kappa shape index (κ2) is 4.97. The average Bonchev–Trinajstić information content (AvgIpc) is 2.91. The Bertz CT molecular complexity index is 814. The summed E-state index contributed by atoms with van der Waals surface area (Å²) in [5.74, 6) is 0.0929. The number of hydrogen-bond acceptors (Lipinski definition) is 4. The zero-order valence-corrected chi connectivity index (χ0v) is 12.1. The summed E-state index contributed by atoms with van der Waals surface area (Å²) in [4.78, 5) is 20.8. The van der Waals surface area contributed by atoms with Crippen LogP contribution in [0, 0.1) is 20.8 Å². The topological polar surface area (TPSA) is 72.2 Å². The van der Waals surface area contributed by atoms with Crippen LogP contribution >= 0.6 is 0 Å². The van der Waals surface area contributed by atoms with Gasteiger partial charge in [0, 0.05) is 29.3 Å². The Balaban J connectivity index is 1.88. The zero-order chi connectivity index (χ0) is 15.0. The summed E-state index contributed by atoms with van der Waals surface area (Å²) in [6.45, 7) is 5.76. The van der Waals surface area contributed by atoms with Crippen molar-refractivity contribution in [1.29, 1.82) is 0 Å². The van der Waals surface area contributed by atoms with Gasteiger partial charge in [-0.05, 0) is 44.5 Å². The first-order valence-electron chi connectivity index (χ1n) is 6.61. The van der Waals surface area contributed by atoms with Gasteiger partial charge in [0.2, 0.25) is 5.95 Å². The van der Waals surface area contributed by atoms with E-state index in [1.54, 1.807) is 29.0 Å². The fraction of sp³-hybridized carbons (Fsp3) is 0.200. The van der Waals surface area contributed by atoms with E-state index in [1.807, 2.05) is 26.8 Å². The number of aryl methyl sites for hydroxylation is 2. The van der Waals surface area contributed by atoms with Crippen LogP contribution < -0.4 is 5.32 Å². The summed E-state index contributed by atoms with van der Waals surface area (Å²) in [6.07, 6.45) is 3.43. The first-order chi connectivity index (χ1) is 10.0. The Kier molecular flexibility index (Phi) is 3.13. The van der Waals surface area contributed by atoms with Crippen LogP contribution in [0.15, 0.2) is 30.6 Å². The third-order valence-electron chi connectivity index (χ3n) is 3.52. The fourth-order valence-electron chi connectivity index (χ4n) is 2.06. The monoisotopic (exact) mass is 281 g/mol. The second-order valence-corrected chi connectivity index (χ2v) is 4.91. The molecule has 0 unspecified atom stereocenters. The van der Waals surface area contributed by atoms with Gasteiger partial charge in [0.25, 0.3) is 5.91 Å². The van der Waals surface area contributed by atoms with Gasteiger partial charge in [-0.3, -0.25) is 10.1 Å². The van der Waals surface area contributed by atoms with E-state index in [9.17, 15) is 4.79 Å². The zero-order valence-electron chi connectivity index (χ0n) is 12.1. The summed E-state index contributed by atoms with van der Waals surface area (Å²) in [6, 6.07) is 5.33. The molecule has 0 atom stereocenters. The van der Waals surface area contributed by atoms with E-state index in [0.717, 1.165) is 22.5 Å². The van der Waals surface area contributed by atoms with Crippen molar-refractivity contribution in [3.05, 3.63) is 53.1 Å². The average molecular weight is 281 g/mol. The summed E-state index contributed by atoms with van der Waals surface area (Å²) in [7, 11) is 0. The summed E-state index contributed by atoms with van der Waals surface area (Å²) < 4.78 is 1.70. The molecule has 1 amide bonds. The number of fused-ring (bicyclic) bond motifs is 1. The largest absolute Gasteiger partial charge is 0.290 e. The van der Waals surface area contributed by atoms with E-state index in [4.69, 9.17) is 0 Å². The highest BCUT2D eigenvalue weighted by atomic mass is 16.1. The maximum absolute atomic E-state index is 12.3. The molecule has 0 aliphatic rings. The Morgan fingerprint density at radius 3 is 2.57 bits per heavy atom. The number of rotatable bonds is 2. The molecule has 21 heavy (non-hydrogen) atoms. The summed E-state index contributed by atoms with van der Waals surface area (Å²) in [5, 5.41) is 6.83. The van der Waals surface area contributed by atoms with Crippen molar-refractivity contribution in [3.8, 4) is 0 Å². The lowest BCUT2D eigenvalue weighted by atomic mass is 10.2. The molecule has 3 aromatic heterocycles. The van der Waals surface area contributed by atoms with Gasteiger partial charge in [-0.25, -0.2) is 14.5 Å². The highest BCUT2D eigenvalue weighted by molar-refractivity contribution is 6.03. The maximum Gasteiger partial charge on any atom is 0.258 e. The molecule has 0 radical (unpaired) electrons. The van der Waals surface area contributed by atoms with Gasteiger partial charge in [0.1, 0.15) is 0 Å². The van der Waals surface area contributed by atoms with Gasteiger partial charge in [0.05, 0.1) is 5.52 Å². The molecule has 0 saturated carbocycles. The van der Waals surface area contributed by atoms with Crippen LogP contribution in [0.1, 0.15) is 27.3 Å². The van der Waals surface area contributed by atoms with Crippen LogP contribution in [0.25, 0.3) is 5.52 Å². The molecule has 6 nitrogen and oxygen atoms in total. The fourth-order valence-corrected chi connectivity index (χ4v) is 2.06. The Hall–Kier alpha value is -2.76. The minimum absolute atomic E-state index is 0.235. The standard InChI is InChI=1S/C15H15N5O/c1-9-10(2)17-15(18-11(9)3)19-14(21)12-5-7-20-13(8-12)4-6-16-20/h4-8H,1-3H3,(H,17,18,19,21). The first kappa shape index (κ1) is 13.2. The van der Waals surface area contributed by atoms with Crippen molar-refractivity contribution >= 4 is 17.4 Å². The second-order valence-electron chi connectivity index (χ2n) is 4.91. The van der Waals surface area contributed by atoms with E-state index >= 15 is 0 Å². The van der Waals surface area contributed by atoms with Crippen molar-refractivity contribution in [1.82, 2.24) is 19.6 Å². The predicted molar refractivity (Wildman–Crippen MR) is 79.4 cm³/mol. The van der Waals surface area contributed by atoms with Crippen molar-refractivity contribution in [3.63, 3.8) is 0 Å². The molecule has 3 aromatic rings. The van der Waals surface area contributed by atoms with Crippen LogP contribution in [0.5, 0.6) is 0 Å². The summed E-state index contributed by atoms with van der Waals surface area (Å²) in [5.41, 5.74) is 4.17. The third-order valence-corrected chi connectivity index (χ3v) is 3.52. The van der Waals surface area contributed by atoms with Crippen LogP contribution in [0.4, 0.5) is 5.95 Å². The molecule has 0 spiro atoms. The van der Waals surface area contributed by atoms with Gasteiger partial charge in [0.15, 0.2) is 0 Å².